The van der Waals surface area contributed by atoms with Crippen LogP contribution in [0.3, 0.4) is 0 Å². The molecule has 4 atom stereocenters. The number of methoxy groups -OCH3 is 2. The summed E-state index contributed by atoms with van der Waals surface area (Å²) in [5, 5.41) is 0. The second-order valence-corrected chi connectivity index (χ2v) is 7.36. The van der Waals surface area contributed by atoms with Gasteiger partial charge in [-0.25, -0.2) is 0 Å². The van der Waals surface area contributed by atoms with Crippen molar-refractivity contribution in [2.75, 3.05) is 27.8 Å². The van der Waals surface area contributed by atoms with Crippen molar-refractivity contribution >= 4 is 0 Å². The van der Waals surface area contributed by atoms with Gasteiger partial charge in [0.15, 0.2) is 6.29 Å². The van der Waals surface area contributed by atoms with E-state index < -0.39 is 12.0 Å². The maximum atomic E-state index is 6.56. The zero-order valence-electron chi connectivity index (χ0n) is 16.3. The SMILES string of the molecule is COc1ccccc1C1OC(c2ccccc2OC)C2CCN(C)C2(C)O1. The summed E-state index contributed by atoms with van der Waals surface area (Å²) in [5.41, 5.74) is 1.55. The molecule has 5 nitrogen and oxygen atoms in total. The Hall–Kier alpha value is -2.08. The summed E-state index contributed by atoms with van der Waals surface area (Å²) in [6.45, 7) is 3.13. The summed E-state index contributed by atoms with van der Waals surface area (Å²) >= 11 is 0. The summed E-state index contributed by atoms with van der Waals surface area (Å²) in [4.78, 5) is 2.28. The second kappa shape index (κ2) is 7.15. The minimum absolute atomic E-state index is 0.125. The highest BCUT2D eigenvalue weighted by molar-refractivity contribution is 5.38. The average molecular weight is 369 g/mol. The number of nitrogens with zero attached hydrogens (tertiary/aromatic N) is 1. The first-order valence-electron chi connectivity index (χ1n) is 9.39. The second-order valence-electron chi connectivity index (χ2n) is 7.36. The van der Waals surface area contributed by atoms with Crippen LogP contribution in [0.2, 0.25) is 0 Å². The first-order valence-corrected chi connectivity index (χ1v) is 9.39. The summed E-state index contributed by atoms with van der Waals surface area (Å²) in [5.74, 6) is 1.83. The molecule has 0 radical (unpaired) electrons. The maximum absolute atomic E-state index is 6.56. The van der Waals surface area contributed by atoms with E-state index in [0.717, 1.165) is 35.6 Å². The van der Waals surface area contributed by atoms with Gasteiger partial charge in [-0.2, -0.15) is 0 Å². The van der Waals surface area contributed by atoms with Crippen LogP contribution in [-0.2, 0) is 9.47 Å². The standard InChI is InChI=1S/C22H27NO4/c1-22-17(13-14-23(22)2)20(15-9-5-7-11-18(15)24-3)26-21(27-22)16-10-6-8-12-19(16)25-4/h5-12,17,20-21H,13-14H2,1-4H3. The van der Waals surface area contributed by atoms with E-state index in [1.54, 1.807) is 14.2 Å². The number of likely N-dealkylation sites (tertiary alicyclic amines) is 1. The van der Waals surface area contributed by atoms with Crippen molar-refractivity contribution in [2.24, 2.45) is 5.92 Å². The van der Waals surface area contributed by atoms with Crippen molar-refractivity contribution in [2.45, 2.75) is 31.5 Å². The molecule has 2 heterocycles. The number of hydrogen-bond acceptors (Lipinski definition) is 5. The van der Waals surface area contributed by atoms with E-state index in [-0.39, 0.29) is 12.0 Å². The Morgan fingerprint density at radius 2 is 1.56 bits per heavy atom. The zero-order valence-corrected chi connectivity index (χ0v) is 16.3. The van der Waals surface area contributed by atoms with Gasteiger partial charge in [0.05, 0.1) is 20.3 Å². The molecule has 0 N–H and O–H groups in total. The Bertz CT molecular complexity index is 810. The van der Waals surface area contributed by atoms with Crippen molar-refractivity contribution < 1.29 is 18.9 Å². The van der Waals surface area contributed by atoms with E-state index in [1.807, 2.05) is 42.5 Å². The van der Waals surface area contributed by atoms with Gasteiger partial charge in [0, 0.05) is 23.6 Å². The van der Waals surface area contributed by atoms with Crippen molar-refractivity contribution in [1.82, 2.24) is 4.90 Å². The number of benzene rings is 2. The Morgan fingerprint density at radius 1 is 0.963 bits per heavy atom. The average Bonchev–Trinajstić information content (AvgIpc) is 3.01. The maximum Gasteiger partial charge on any atom is 0.190 e. The third kappa shape index (κ3) is 3.00. The van der Waals surface area contributed by atoms with E-state index in [9.17, 15) is 0 Å². The predicted octanol–water partition coefficient (Wildman–Crippen LogP) is 4.16. The molecule has 4 unspecified atom stereocenters. The molecule has 2 aromatic rings. The van der Waals surface area contributed by atoms with Gasteiger partial charge >= 0.3 is 0 Å². The molecule has 2 aromatic carbocycles. The molecule has 0 saturated carbocycles. The Kier molecular flexibility index (Phi) is 4.84. The van der Waals surface area contributed by atoms with Gasteiger partial charge in [-0.05, 0) is 32.5 Å². The highest BCUT2D eigenvalue weighted by Crippen LogP contribution is 2.54. The summed E-state index contributed by atoms with van der Waals surface area (Å²) in [6.07, 6.45) is 0.367. The lowest BCUT2D eigenvalue weighted by molar-refractivity contribution is -0.334. The smallest absolute Gasteiger partial charge is 0.190 e. The molecule has 2 saturated heterocycles. The first kappa shape index (κ1) is 18.3. The Balaban J connectivity index is 1.79. The number of ether oxygens (including phenoxy) is 4. The van der Waals surface area contributed by atoms with Crippen LogP contribution in [0.1, 0.15) is 36.9 Å². The van der Waals surface area contributed by atoms with E-state index >= 15 is 0 Å². The van der Waals surface area contributed by atoms with Crippen LogP contribution >= 0.6 is 0 Å². The van der Waals surface area contributed by atoms with Crippen LogP contribution < -0.4 is 9.47 Å². The fraction of sp³-hybridized carbons (Fsp3) is 0.455. The van der Waals surface area contributed by atoms with E-state index in [1.165, 1.54) is 0 Å². The highest BCUT2D eigenvalue weighted by Gasteiger charge is 2.55. The largest absolute Gasteiger partial charge is 0.496 e. The normalized spacial score (nSPS) is 30.7. The lowest BCUT2D eigenvalue weighted by Crippen LogP contribution is -2.52. The van der Waals surface area contributed by atoms with Crippen molar-refractivity contribution in [3.05, 3.63) is 59.7 Å². The number of rotatable bonds is 4. The lowest BCUT2D eigenvalue weighted by atomic mass is 9.85. The molecular formula is C22H27NO4. The minimum Gasteiger partial charge on any atom is -0.496 e. The van der Waals surface area contributed by atoms with Crippen LogP contribution in [0.5, 0.6) is 11.5 Å². The van der Waals surface area contributed by atoms with Crippen molar-refractivity contribution in [3.63, 3.8) is 0 Å². The number of para-hydroxylation sites is 2. The summed E-state index contributed by atoms with van der Waals surface area (Å²) in [6, 6.07) is 16.0. The predicted molar refractivity (Wildman–Crippen MR) is 103 cm³/mol. The molecule has 4 rings (SSSR count). The van der Waals surface area contributed by atoms with E-state index in [0.29, 0.717) is 0 Å². The lowest BCUT2D eigenvalue weighted by Gasteiger charge is -2.48. The van der Waals surface area contributed by atoms with Crippen LogP contribution in [0.15, 0.2) is 48.5 Å². The van der Waals surface area contributed by atoms with Crippen molar-refractivity contribution in [1.29, 1.82) is 0 Å². The number of hydrogen-bond donors (Lipinski definition) is 0. The monoisotopic (exact) mass is 369 g/mol. The molecule has 0 amide bonds. The van der Waals surface area contributed by atoms with Gasteiger partial charge in [0.1, 0.15) is 17.2 Å². The van der Waals surface area contributed by atoms with Gasteiger partial charge in [0.25, 0.3) is 0 Å². The molecule has 144 valence electrons. The molecule has 2 aliphatic heterocycles. The van der Waals surface area contributed by atoms with Crippen LogP contribution in [0.4, 0.5) is 0 Å². The molecule has 5 heteroatoms. The van der Waals surface area contributed by atoms with E-state index in [4.69, 9.17) is 18.9 Å². The van der Waals surface area contributed by atoms with Crippen LogP contribution in [-0.4, -0.2) is 38.4 Å². The van der Waals surface area contributed by atoms with Crippen LogP contribution in [0, 0.1) is 5.92 Å². The van der Waals surface area contributed by atoms with Gasteiger partial charge in [-0.3, -0.25) is 4.90 Å². The molecule has 0 aliphatic carbocycles. The minimum atomic E-state index is -0.516. The third-order valence-electron chi connectivity index (χ3n) is 6.04. The van der Waals surface area contributed by atoms with Crippen LogP contribution in [0.25, 0.3) is 0 Å². The van der Waals surface area contributed by atoms with Gasteiger partial charge in [-0.1, -0.05) is 36.4 Å². The topological polar surface area (TPSA) is 40.2 Å². The van der Waals surface area contributed by atoms with Crippen molar-refractivity contribution in [3.8, 4) is 11.5 Å². The van der Waals surface area contributed by atoms with Gasteiger partial charge in [-0.15, -0.1) is 0 Å². The molecule has 2 aliphatic rings. The molecule has 2 fully saturated rings. The molecular weight excluding hydrogens is 342 g/mol. The third-order valence-corrected chi connectivity index (χ3v) is 6.04. The number of fused-ring (bicyclic) bond motifs is 1. The van der Waals surface area contributed by atoms with Gasteiger partial charge in [0.2, 0.25) is 0 Å². The van der Waals surface area contributed by atoms with Gasteiger partial charge < -0.3 is 18.9 Å². The zero-order chi connectivity index (χ0) is 19.0. The molecule has 27 heavy (non-hydrogen) atoms. The molecule has 0 bridgehead atoms. The molecule has 0 aromatic heterocycles. The summed E-state index contributed by atoms with van der Waals surface area (Å²) < 4.78 is 24.3. The quantitative estimate of drug-likeness (QED) is 0.809. The fourth-order valence-corrected chi connectivity index (χ4v) is 4.38. The fourth-order valence-electron chi connectivity index (χ4n) is 4.38. The Labute approximate surface area is 160 Å². The highest BCUT2D eigenvalue weighted by atomic mass is 16.7. The van der Waals surface area contributed by atoms with E-state index in [2.05, 4.69) is 24.9 Å². The Morgan fingerprint density at radius 3 is 2.22 bits per heavy atom. The first-order chi connectivity index (χ1) is 13.1. The summed E-state index contributed by atoms with van der Waals surface area (Å²) in [7, 11) is 5.49. The molecule has 0 spiro atoms.